The molecule has 2 aliphatic carbocycles. The molecule has 1 N–H and O–H groups in total. The fourth-order valence-electron chi connectivity index (χ4n) is 3.04. The standard InChI is InChI=1S/C8H11NO/c10-8-6-4-1-2-5(3-4)7(6)9-8/h4-7H,1-3H2,(H,9,10)/t4-,5+,6?,7?/m0/s1. The van der Waals surface area contributed by atoms with Gasteiger partial charge in [0.25, 0.3) is 0 Å². The highest BCUT2D eigenvalue weighted by Crippen LogP contribution is 2.51. The molecular weight excluding hydrogens is 126 g/mol. The van der Waals surface area contributed by atoms with E-state index < -0.39 is 0 Å². The van der Waals surface area contributed by atoms with Crippen LogP contribution in [0.5, 0.6) is 0 Å². The maximum absolute atomic E-state index is 11.0. The first-order chi connectivity index (χ1) is 4.86. The minimum absolute atomic E-state index is 0.331. The van der Waals surface area contributed by atoms with Crippen LogP contribution in [0.2, 0.25) is 0 Å². The van der Waals surface area contributed by atoms with Gasteiger partial charge in [-0.15, -0.1) is 0 Å². The van der Waals surface area contributed by atoms with Gasteiger partial charge >= 0.3 is 0 Å². The molecule has 0 spiro atoms. The highest BCUT2D eigenvalue weighted by Gasteiger charge is 2.57. The van der Waals surface area contributed by atoms with Crippen LogP contribution in [0.3, 0.4) is 0 Å². The topological polar surface area (TPSA) is 29.1 Å². The van der Waals surface area contributed by atoms with Gasteiger partial charge < -0.3 is 5.32 Å². The van der Waals surface area contributed by atoms with Gasteiger partial charge in [0.05, 0.1) is 5.92 Å². The molecule has 1 aliphatic heterocycles. The van der Waals surface area contributed by atoms with Gasteiger partial charge in [-0.3, -0.25) is 4.79 Å². The smallest absolute Gasteiger partial charge is 0.225 e. The van der Waals surface area contributed by atoms with E-state index in [2.05, 4.69) is 5.32 Å². The first-order valence-corrected chi connectivity index (χ1v) is 4.16. The number of nitrogens with one attached hydrogen (secondary N) is 1. The number of carbonyl (C=O) groups excluding carboxylic acids is 1. The summed E-state index contributed by atoms with van der Waals surface area (Å²) in [5.41, 5.74) is 0. The van der Waals surface area contributed by atoms with Gasteiger partial charge in [0, 0.05) is 6.04 Å². The first kappa shape index (κ1) is 5.16. The van der Waals surface area contributed by atoms with Crippen LogP contribution in [-0.2, 0) is 4.79 Å². The van der Waals surface area contributed by atoms with Crippen LogP contribution in [0.25, 0.3) is 0 Å². The molecule has 2 saturated carbocycles. The highest BCUT2D eigenvalue weighted by molar-refractivity contribution is 5.87. The molecule has 0 radical (unpaired) electrons. The molecule has 2 heteroatoms. The van der Waals surface area contributed by atoms with Gasteiger partial charge in [-0.05, 0) is 31.1 Å². The van der Waals surface area contributed by atoms with E-state index in [9.17, 15) is 4.79 Å². The molecule has 0 aromatic rings. The third kappa shape index (κ3) is 0.386. The predicted octanol–water partition coefficient (Wildman–Crippen LogP) is 0.531. The molecule has 1 amide bonds. The van der Waals surface area contributed by atoms with Crippen molar-refractivity contribution in [3.8, 4) is 0 Å². The van der Waals surface area contributed by atoms with Crippen molar-refractivity contribution >= 4 is 5.91 Å². The molecule has 10 heavy (non-hydrogen) atoms. The minimum Gasteiger partial charge on any atom is -0.352 e. The molecule has 54 valence electrons. The van der Waals surface area contributed by atoms with Crippen LogP contribution in [-0.4, -0.2) is 11.9 Å². The van der Waals surface area contributed by atoms with Crippen molar-refractivity contribution in [1.82, 2.24) is 5.32 Å². The molecule has 0 aromatic carbocycles. The maximum atomic E-state index is 11.0. The van der Waals surface area contributed by atoms with Crippen molar-refractivity contribution in [1.29, 1.82) is 0 Å². The van der Waals surface area contributed by atoms with Crippen LogP contribution in [0, 0.1) is 17.8 Å². The van der Waals surface area contributed by atoms with Gasteiger partial charge in [0.2, 0.25) is 5.91 Å². The fourth-order valence-corrected chi connectivity index (χ4v) is 3.04. The molecule has 3 rings (SSSR count). The molecule has 3 aliphatic rings. The van der Waals surface area contributed by atoms with E-state index in [0.29, 0.717) is 17.9 Å². The van der Waals surface area contributed by atoms with Crippen LogP contribution in [0.15, 0.2) is 0 Å². The van der Waals surface area contributed by atoms with Gasteiger partial charge in [-0.2, -0.15) is 0 Å². The third-order valence-electron chi connectivity index (χ3n) is 3.53. The summed E-state index contributed by atoms with van der Waals surface area (Å²) in [5, 5.41) is 3.00. The SMILES string of the molecule is O=C1NC2C1[C@H]1CC[C@@H]2C1. The van der Waals surface area contributed by atoms with Crippen LogP contribution in [0.1, 0.15) is 19.3 Å². The van der Waals surface area contributed by atoms with Gasteiger partial charge in [0.1, 0.15) is 0 Å². The second-order valence-corrected chi connectivity index (χ2v) is 3.89. The Hall–Kier alpha value is -0.530. The number of rotatable bonds is 0. The average Bonchev–Trinajstić information content (AvgIpc) is 2.40. The first-order valence-electron chi connectivity index (χ1n) is 4.16. The Morgan fingerprint density at radius 3 is 2.70 bits per heavy atom. The van der Waals surface area contributed by atoms with E-state index in [1.807, 2.05) is 0 Å². The van der Waals surface area contributed by atoms with Crippen molar-refractivity contribution in [2.75, 3.05) is 0 Å². The zero-order valence-corrected chi connectivity index (χ0v) is 5.84. The molecule has 1 heterocycles. The Kier molecular flexibility index (Phi) is 0.715. The summed E-state index contributed by atoms with van der Waals surface area (Å²) < 4.78 is 0. The summed E-state index contributed by atoms with van der Waals surface area (Å²) in [6, 6.07) is 0.603. The zero-order valence-electron chi connectivity index (χ0n) is 5.84. The Morgan fingerprint density at radius 2 is 2.10 bits per heavy atom. The van der Waals surface area contributed by atoms with Gasteiger partial charge in [-0.1, -0.05) is 0 Å². The molecule has 2 unspecified atom stereocenters. The Balaban J connectivity index is 1.95. The summed E-state index contributed by atoms with van der Waals surface area (Å²) >= 11 is 0. The van der Waals surface area contributed by atoms with Crippen molar-refractivity contribution in [3.05, 3.63) is 0 Å². The van der Waals surface area contributed by atoms with E-state index in [1.165, 1.54) is 19.3 Å². The Morgan fingerprint density at radius 1 is 1.30 bits per heavy atom. The van der Waals surface area contributed by atoms with Gasteiger partial charge in [0.15, 0.2) is 0 Å². The van der Waals surface area contributed by atoms with Crippen LogP contribution in [0.4, 0.5) is 0 Å². The lowest BCUT2D eigenvalue weighted by Gasteiger charge is -2.39. The van der Waals surface area contributed by atoms with Crippen LogP contribution < -0.4 is 5.32 Å². The number of β-lactam (4-membered cyclic amide) rings is 1. The highest BCUT2D eigenvalue weighted by atomic mass is 16.2. The van der Waals surface area contributed by atoms with Crippen molar-refractivity contribution in [2.24, 2.45) is 17.8 Å². The normalized spacial score (nSPS) is 55.8. The average molecular weight is 137 g/mol. The molecule has 2 nitrogen and oxygen atoms in total. The second-order valence-electron chi connectivity index (χ2n) is 3.89. The second kappa shape index (κ2) is 1.39. The Bertz CT molecular complexity index is 199. The Labute approximate surface area is 60.0 Å². The summed E-state index contributed by atoms with van der Waals surface area (Å²) in [4.78, 5) is 11.0. The van der Waals surface area contributed by atoms with E-state index in [0.717, 1.165) is 11.8 Å². The van der Waals surface area contributed by atoms with E-state index in [-0.39, 0.29) is 0 Å². The van der Waals surface area contributed by atoms with E-state index >= 15 is 0 Å². The molecule has 1 saturated heterocycles. The third-order valence-corrected chi connectivity index (χ3v) is 3.53. The summed E-state index contributed by atoms with van der Waals surface area (Å²) in [7, 11) is 0. The molecule has 4 atom stereocenters. The van der Waals surface area contributed by atoms with Crippen molar-refractivity contribution in [2.45, 2.75) is 25.3 Å². The largest absolute Gasteiger partial charge is 0.352 e. The number of hydrogen-bond acceptors (Lipinski definition) is 1. The molecule has 2 bridgehead atoms. The van der Waals surface area contributed by atoms with Gasteiger partial charge in [-0.25, -0.2) is 0 Å². The molecular formula is C8H11NO. The number of fused-ring (bicyclic) bond motifs is 5. The van der Waals surface area contributed by atoms with Crippen molar-refractivity contribution in [3.63, 3.8) is 0 Å². The summed E-state index contributed by atoms with van der Waals surface area (Å²) in [6.45, 7) is 0. The lowest BCUT2D eigenvalue weighted by Crippen LogP contribution is -2.60. The summed E-state index contributed by atoms with van der Waals surface area (Å²) in [5.74, 6) is 2.40. The summed E-state index contributed by atoms with van der Waals surface area (Å²) in [6.07, 6.45) is 4.01. The quantitative estimate of drug-likeness (QED) is 0.485. The lowest BCUT2D eigenvalue weighted by molar-refractivity contribution is -0.137. The van der Waals surface area contributed by atoms with E-state index in [1.54, 1.807) is 0 Å². The number of carbonyl (C=O) groups is 1. The van der Waals surface area contributed by atoms with Crippen molar-refractivity contribution < 1.29 is 4.79 Å². The predicted molar refractivity (Wildman–Crippen MR) is 36.3 cm³/mol. The molecule has 0 aromatic heterocycles. The van der Waals surface area contributed by atoms with E-state index in [4.69, 9.17) is 0 Å². The number of hydrogen-bond donors (Lipinski definition) is 1. The monoisotopic (exact) mass is 137 g/mol. The molecule has 3 fully saturated rings. The number of amides is 1. The zero-order chi connectivity index (χ0) is 6.72. The fraction of sp³-hybridized carbons (Fsp3) is 0.875. The van der Waals surface area contributed by atoms with Crippen LogP contribution >= 0.6 is 0 Å². The maximum Gasteiger partial charge on any atom is 0.225 e. The minimum atomic E-state index is 0.331. The lowest BCUT2D eigenvalue weighted by atomic mass is 9.78.